The maximum Gasteiger partial charge on any atom is 0.261 e. The molecule has 1 amide bonds. The van der Waals surface area contributed by atoms with E-state index in [0.29, 0.717) is 18.7 Å². The zero-order chi connectivity index (χ0) is 16.4. The van der Waals surface area contributed by atoms with E-state index >= 15 is 0 Å². The third kappa shape index (κ3) is 3.66. The molecule has 126 valence electrons. The lowest BCUT2D eigenvalue weighted by Gasteiger charge is -2.37. The number of carbonyl (C=O) groups is 1. The molecular weight excluding hydrogens is 297 g/mol. The Balaban J connectivity index is 1.54. The van der Waals surface area contributed by atoms with E-state index in [4.69, 9.17) is 9.47 Å². The summed E-state index contributed by atoms with van der Waals surface area (Å²) in [6.45, 7) is 5.57. The lowest BCUT2D eigenvalue weighted by atomic mass is 9.82. The molecule has 2 atom stereocenters. The Labute approximate surface area is 136 Å². The average molecular weight is 321 g/mol. The Kier molecular flexibility index (Phi) is 4.57. The van der Waals surface area contributed by atoms with Gasteiger partial charge >= 0.3 is 0 Å². The number of hydrogen-bond acceptors (Lipinski definition) is 3. The predicted molar refractivity (Wildman–Crippen MR) is 84.9 cm³/mol. The molecule has 1 saturated heterocycles. The molecule has 0 aliphatic carbocycles. The SMILES string of the molecule is CC(C)(CNC(=O)[C@H]1Cc2cc(F)ccc2O1)[C@H]1CCCCO1. The zero-order valence-corrected chi connectivity index (χ0v) is 13.7. The zero-order valence-electron chi connectivity index (χ0n) is 13.7. The second kappa shape index (κ2) is 6.48. The summed E-state index contributed by atoms with van der Waals surface area (Å²) >= 11 is 0. The van der Waals surface area contributed by atoms with Gasteiger partial charge in [-0.25, -0.2) is 4.39 Å². The summed E-state index contributed by atoms with van der Waals surface area (Å²) < 4.78 is 24.7. The Morgan fingerprint density at radius 1 is 1.39 bits per heavy atom. The van der Waals surface area contributed by atoms with Gasteiger partial charge in [0.2, 0.25) is 0 Å². The van der Waals surface area contributed by atoms with E-state index in [0.717, 1.165) is 25.0 Å². The quantitative estimate of drug-likeness (QED) is 0.927. The van der Waals surface area contributed by atoms with E-state index in [2.05, 4.69) is 19.2 Å². The van der Waals surface area contributed by atoms with E-state index in [1.165, 1.54) is 18.6 Å². The van der Waals surface area contributed by atoms with Crippen LogP contribution in [0.25, 0.3) is 0 Å². The molecule has 2 aliphatic heterocycles. The first-order chi connectivity index (χ1) is 11.0. The fraction of sp³-hybridized carbons (Fsp3) is 0.611. The number of fused-ring (bicyclic) bond motifs is 1. The van der Waals surface area contributed by atoms with Gasteiger partial charge in [0, 0.05) is 30.6 Å². The normalized spacial score (nSPS) is 24.0. The highest BCUT2D eigenvalue weighted by molar-refractivity contribution is 5.82. The predicted octanol–water partition coefficient (Wildman–Crippen LogP) is 2.84. The molecule has 0 radical (unpaired) electrons. The van der Waals surface area contributed by atoms with Crippen molar-refractivity contribution in [2.75, 3.05) is 13.2 Å². The van der Waals surface area contributed by atoms with E-state index < -0.39 is 6.10 Å². The minimum atomic E-state index is -0.574. The molecule has 2 aliphatic rings. The summed E-state index contributed by atoms with van der Waals surface area (Å²) in [5.41, 5.74) is 0.633. The van der Waals surface area contributed by atoms with Crippen LogP contribution >= 0.6 is 0 Å². The van der Waals surface area contributed by atoms with Crippen molar-refractivity contribution in [3.05, 3.63) is 29.6 Å². The molecule has 5 heteroatoms. The minimum absolute atomic E-state index is 0.117. The Morgan fingerprint density at radius 3 is 2.96 bits per heavy atom. The summed E-state index contributed by atoms with van der Waals surface area (Å²) in [6.07, 6.45) is 3.34. The molecule has 1 aromatic carbocycles. The molecule has 0 spiro atoms. The van der Waals surface area contributed by atoms with Gasteiger partial charge in [-0.2, -0.15) is 0 Å². The topological polar surface area (TPSA) is 47.6 Å². The van der Waals surface area contributed by atoms with Crippen molar-refractivity contribution in [2.24, 2.45) is 5.41 Å². The van der Waals surface area contributed by atoms with Gasteiger partial charge in [-0.05, 0) is 37.5 Å². The van der Waals surface area contributed by atoms with E-state index in [9.17, 15) is 9.18 Å². The van der Waals surface area contributed by atoms with Crippen LogP contribution in [0.15, 0.2) is 18.2 Å². The first kappa shape index (κ1) is 16.2. The fourth-order valence-corrected chi connectivity index (χ4v) is 3.26. The second-order valence-corrected chi connectivity index (χ2v) is 7.12. The van der Waals surface area contributed by atoms with Crippen molar-refractivity contribution in [3.8, 4) is 5.75 Å². The Bertz CT molecular complexity index is 582. The molecule has 3 rings (SSSR count). The standard InChI is InChI=1S/C18H24FNO3/c1-18(2,16-5-3-4-8-22-16)11-20-17(21)15-10-12-9-13(19)6-7-14(12)23-15/h6-7,9,15-16H,3-5,8,10-11H2,1-2H3,(H,20,21)/t15-,16-/m1/s1. The van der Waals surface area contributed by atoms with E-state index in [1.807, 2.05) is 0 Å². The molecule has 1 N–H and O–H groups in total. The summed E-state index contributed by atoms with van der Waals surface area (Å²) in [7, 11) is 0. The third-order valence-electron chi connectivity index (χ3n) is 4.76. The summed E-state index contributed by atoms with van der Waals surface area (Å²) in [6, 6.07) is 4.36. The molecule has 23 heavy (non-hydrogen) atoms. The van der Waals surface area contributed by atoms with E-state index in [-0.39, 0.29) is 23.2 Å². The van der Waals surface area contributed by atoms with Crippen molar-refractivity contribution in [3.63, 3.8) is 0 Å². The van der Waals surface area contributed by atoms with Gasteiger partial charge in [0.1, 0.15) is 11.6 Å². The molecule has 0 bridgehead atoms. The van der Waals surface area contributed by atoms with Crippen molar-refractivity contribution >= 4 is 5.91 Å². The van der Waals surface area contributed by atoms with Crippen LogP contribution in [0.5, 0.6) is 5.75 Å². The average Bonchev–Trinajstić information content (AvgIpc) is 2.96. The van der Waals surface area contributed by atoms with Crippen LogP contribution in [-0.2, 0) is 16.0 Å². The van der Waals surface area contributed by atoms with Crippen LogP contribution in [-0.4, -0.2) is 31.3 Å². The summed E-state index contributed by atoms with van der Waals surface area (Å²) in [4.78, 5) is 12.4. The highest BCUT2D eigenvalue weighted by Crippen LogP contribution is 2.31. The van der Waals surface area contributed by atoms with Crippen LogP contribution < -0.4 is 10.1 Å². The largest absolute Gasteiger partial charge is 0.480 e. The second-order valence-electron chi connectivity index (χ2n) is 7.12. The maximum absolute atomic E-state index is 13.2. The van der Waals surface area contributed by atoms with Gasteiger partial charge in [0.15, 0.2) is 6.10 Å². The molecule has 1 aromatic rings. The summed E-state index contributed by atoms with van der Waals surface area (Å²) in [5.74, 6) is 0.149. The molecule has 4 nitrogen and oxygen atoms in total. The van der Waals surface area contributed by atoms with Crippen molar-refractivity contribution in [2.45, 2.75) is 51.7 Å². The molecule has 2 heterocycles. The molecular formula is C18H24FNO3. The third-order valence-corrected chi connectivity index (χ3v) is 4.76. The number of halogens is 1. The number of ether oxygens (including phenoxy) is 2. The fourth-order valence-electron chi connectivity index (χ4n) is 3.26. The van der Waals surface area contributed by atoms with Crippen molar-refractivity contribution < 1.29 is 18.7 Å². The number of amides is 1. The van der Waals surface area contributed by atoms with Gasteiger partial charge in [0.05, 0.1) is 6.10 Å². The molecule has 0 saturated carbocycles. The van der Waals surface area contributed by atoms with Crippen LogP contribution in [0.4, 0.5) is 4.39 Å². The number of nitrogens with one attached hydrogen (secondary N) is 1. The van der Waals surface area contributed by atoms with Crippen LogP contribution in [0, 0.1) is 11.2 Å². The number of hydrogen-bond donors (Lipinski definition) is 1. The lowest BCUT2D eigenvalue weighted by Crippen LogP contribution is -2.47. The lowest BCUT2D eigenvalue weighted by molar-refractivity contribution is -0.128. The number of benzene rings is 1. The first-order valence-corrected chi connectivity index (χ1v) is 8.30. The van der Waals surface area contributed by atoms with Crippen LogP contribution in [0.3, 0.4) is 0 Å². The van der Waals surface area contributed by atoms with Gasteiger partial charge in [0.25, 0.3) is 5.91 Å². The number of rotatable bonds is 4. The van der Waals surface area contributed by atoms with Gasteiger partial charge in [-0.3, -0.25) is 4.79 Å². The van der Waals surface area contributed by atoms with Gasteiger partial charge < -0.3 is 14.8 Å². The number of carbonyl (C=O) groups excluding carboxylic acids is 1. The Morgan fingerprint density at radius 2 is 2.22 bits per heavy atom. The summed E-state index contributed by atoms with van der Waals surface area (Å²) in [5, 5.41) is 2.97. The van der Waals surface area contributed by atoms with Gasteiger partial charge in [-0.1, -0.05) is 13.8 Å². The molecule has 1 fully saturated rings. The smallest absolute Gasteiger partial charge is 0.261 e. The Hall–Kier alpha value is -1.62. The first-order valence-electron chi connectivity index (χ1n) is 8.30. The monoisotopic (exact) mass is 321 g/mol. The van der Waals surface area contributed by atoms with Crippen molar-refractivity contribution in [1.29, 1.82) is 0 Å². The molecule has 0 aromatic heterocycles. The highest BCUT2D eigenvalue weighted by Gasteiger charge is 2.34. The minimum Gasteiger partial charge on any atom is -0.480 e. The van der Waals surface area contributed by atoms with Crippen LogP contribution in [0.1, 0.15) is 38.7 Å². The van der Waals surface area contributed by atoms with E-state index in [1.54, 1.807) is 6.07 Å². The van der Waals surface area contributed by atoms with Crippen molar-refractivity contribution in [1.82, 2.24) is 5.32 Å². The molecule has 0 unspecified atom stereocenters. The van der Waals surface area contributed by atoms with Gasteiger partial charge in [-0.15, -0.1) is 0 Å². The maximum atomic E-state index is 13.2. The highest BCUT2D eigenvalue weighted by atomic mass is 19.1. The van der Waals surface area contributed by atoms with Crippen LogP contribution in [0.2, 0.25) is 0 Å².